The Hall–Kier alpha value is -1.91. The summed E-state index contributed by atoms with van der Waals surface area (Å²) < 4.78 is 13.4. The Morgan fingerprint density at radius 1 is 1.15 bits per heavy atom. The Kier molecular flexibility index (Phi) is 5.94. The highest BCUT2D eigenvalue weighted by Gasteiger charge is 2.41. The number of benzene rings is 2. The molecule has 0 bridgehead atoms. The largest absolute Gasteiger partial charge is 0.380 e. The lowest BCUT2D eigenvalue weighted by Gasteiger charge is -2.38. The topological polar surface area (TPSA) is 40.5 Å². The quantitative estimate of drug-likeness (QED) is 0.815. The number of aryl methyl sites for hydroxylation is 1. The second-order valence-electron chi connectivity index (χ2n) is 6.98. The first-order valence-corrected chi connectivity index (χ1v) is 9.35. The van der Waals surface area contributed by atoms with Gasteiger partial charge in [-0.1, -0.05) is 41.9 Å². The SMILES string of the molecule is O=C1N(Cc2ccccc2)CCCC1(O)CCCc1cc(F)cc(Cl)c1. The van der Waals surface area contributed by atoms with Gasteiger partial charge in [0.1, 0.15) is 11.4 Å². The first kappa shape index (κ1) is 18.9. The van der Waals surface area contributed by atoms with Gasteiger partial charge >= 0.3 is 0 Å². The highest BCUT2D eigenvalue weighted by Crippen LogP contribution is 2.29. The molecule has 0 radical (unpaired) electrons. The van der Waals surface area contributed by atoms with Crippen molar-refractivity contribution in [1.82, 2.24) is 4.90 Å². The van der Waals surface area contributed by atoms with Crippen LogP contribution in [0.4, 0.5) is 4.39 Å². The maximum Gasteiger partial charge on any atom is 0.254 e. The molecule has 3 rings (SSSR count). The lowest BCUT2D eigenvalue weighted by Crippen LogP contribution is -2.53. The molecule has 2 aromatic carbocycles. The van der Waals surface area contributed by atoms with E-state index in [0.29, 0.717) is 43.8 Å². The van der Waals surface area contributed by atoms with Gasteiger partial charge in [0.25, 0.3) is 5.91 Å². The van der Waals surface area contributed by atoms with Crippen molar-refractivity contribution in [3.05, 3.63) is 70.5 Å². The smallest absolute Gasteiger partial charge is 0.254 e. The van der Waals surface area contributed by atoms with Crippen LogP contribution in [0, 0.1) is 5.82 Å². The van der Waals surface area contributed by atoms with Crippen molar-refractivity contribution in [2.24, 2.45) is 0 Å². The number of carbonyl (C=O) groups excluding carboxylic acids is 1. The first-order valence-electron chi connectivity index (χ1n) is 8.97. The molecule has 0 aliphatic carbocycles. The van der Waals surface area contributed by atoms with E-state index in [1.807, 2.05) is 30.3 Å². The number of halogens is 2. The monoisotopic (exact) mass is 375 g/mol. The molecular weight excluding hydrogens is 353 g/mol. The van der Waals surface area contributed by atoms with Crippen molar-refractivity contribution in [3.8, 4) is 0 Å². The molecule has 2 aromatic rings. The third-order valence-corrected chi connectivity index (χ3v) is 5.12. The van der Waals surface area contributed by atoms with Gasteiger partial charge in [-0.25, -0.2) is 4.39 Å². The summed E-state index contributed by atoms with van der Waals surface area (Å²) in [6.07, 6.45) is 2.79. The molecule has 26 heavy (non-hydrogen) atoms. The van der Waals surface area contributed by atoms with E-state index in [-0.39, 0.29) is 11.7 Å². The lowest BCUT2D eigenvalue weighted by atomic mass is 9.86. The molecule has 1 unspecified atom stereocenters. The zero-order valence-electron chi connectivity index (χ0n) is 14.6. The molecule has 0 spiro atoms. The third-order valence-electron chi connectivity index (χ3n) is 4.90. The van der Waals surface area contributed by atoms with Crippen LogP contribution in [0.2, 0.25) is 5.02 Å². The number of hydrogen-bond donors (Lipinski definition) is 1. The molecule has 5 heteroatoms. The fourth-order valence-electron chi connectivity index (χ4n) is 3.59. The zero-order chi connectivity index (χ0) is 18.6. The second kappa shape index (κ2) is 8.19. The highest BCUT2D eigenvalue weighted by molar-refractivity contribution is 6.30. The fourth-order valence-corrected chi connectivity index (χ4v) is 3.84. The van der Waals surface area contributed by atoms with Crippen molar-refractivity contribution >= 4 is 17.5 Å². The summed E-state index contributed by atoms with van der Waals surface area (Å²) in [5.41, 5.74) is 0.506. The number of amides is 1. The molecule has 3 nitrogen and oxygen atoms in total. The number of hydrogen-bond acceptors (Lipinski definition) is 2. The van der Waals surface area contributed by atoms with E-state index in [2.05, 4.69) is 0 Å². The molecule has 1 N–H and O–H groups in total. The molecule has 1 aliphatic rings. The van der Waals surface area contributed by atoms with Gasteiger partial charge in [0.15, 0.2) is 0 Å². The summed E-state index contributed by atoms with van der Waals surface area (Å²) in [6.45, 7) is 1.18. The molecule has 1 fully saturated rings. The maximum atomic E-state index is 13.4. The molecule has 138 valence electrons. The van der Waals surface area contributed by atoms with Gasteiger partial charge in [-0.05, 0) is 61.4 Å². The maximum absolute atomic E-state index is 13.4. The van der Waals surface area contributed by atoms with Crippen LogP contribution in [0.3, 0.4) is 0 Å². The Balaban J connectivity index is 1.60. The van der Waals surface area contributed by atoms with Gasteiger partial charge in [-0.15, -0.1) is 0 Å². The van der Waals surface area contributed by atoms with Gasteiger partial charge in [-0.2, -0.15) is 0 Å². The van der Waals surface area contributed by atoms with Gasteiger partial charge in [0.05, 0.1) is 0 Å². The number of piperidine rings is 1. The molecular formula is C21H23ClFNO2. The summed E-state index contributed by atoms with van der Waals surface area (Å²) in [6, 6.07) is 14.2. The van der Waals surface area contributed by atoms with E-state index in [1.54, 1.807) is 11.0 Å². The van der Waals surface area contributed by atoms with Crippen LogP contribution < -0.4 is 0 Å². The summed E-state index contributed by atoms with van der Waals surface area (Å²) in [4.78, 5) is 14.5. The molecule has 1 heterocycles. The Bertz CT molecular complexity index is 748. The molecule has 1 atom stereocenters. The van der Waals surface area contributed by atoms with Gasteiger partial charge < -0.3 is 10.0 Å². The van der Waals surface area contributed by atoms with Crippen molar-refractivity contribution in [2.75, 3.05) is 6.54 Å². The lowest BCUT2D eigenvalue weighted by molar-refractivity contribution is -0.158. The van der Waals surface area contributed by atoms with E-state index in [1.165, 1.54) is 12.1 Å². The van der Waals surface area contributed by atoms with Crippen LogP contribution in [-0.4, -0.2) is 28.1 Å². The number of carbonyl (C=O) groups is 1. The van der Waals surface area contributed by atoms with Gasteiger partial charge in [0.2, 0.25) is 0 Å². The summed E-state index contributed by atoms with van der Waals surface area (Å²) in [5.74, 6) is -0.570. The van der Waals surface area contributed by atoms with Crippen molar-refractivity contribution in [1.29, 1.82) is 0 Å². The molecule has 1 amide bonds. The Morgan fingerprint density at radius 3 is 2.65 bits per heavy atom. The predicted molar refractivity (Wildman–Crippen MR) is 100 cm³/mol. The van der Waals surface area contributed by atoms with Crippen molar-refractivity contribution in [2.45, 2.75) is 44.2 Å². The van der Waals surface area contributed by atoms with Crippen LogP contribution >= 0.6 is 11.6 Å². The minimum absolute atomic E-state index is 0.204. The molecule has 1 saturated heterocycles. The number of likely N-dealkylation sites (tertiary alicyclic amines) is 1. The predicted octanol–water partition coefficient (Wildman–Crippen LogP) is 4.36. The van der Waals surface area contributed by atoms with Gasteiger partial charge in [-0.3, -0.25) is 4.79 Å². The summed E-state index contributed by atoms with van der Waals surface area (Å²) >= 11 is 5.87. The number of aliphatic hydroxyl groups is 1. The molecule has 0 aromatic heterocycles. The average Bonchev–Trinajstić information content (AvgIpc) is 2.59. The number of nitrogens with zero attached hydrogens (tertiary/aromatic N) is 1. The summed E-state index contributed by atoms with van der Waals surface area (Å²) in [5, 5.41) is 11.2. The second-order valence-corrected chi connectivity index (χ2v) is 7.42. The fraction of sp³-hybridized carbons (Fsp3) is 0.381. The average molecular weight is 376 g/mol. The van der Waals surface area contributed by atoms with E-state index in [4.69, 9.17) is 11.6 Å². The third kappa shape index (κ3) is 4.63. The van der Waals surface area contributed by atoms with Crippen LogP contribution in [0.5, 0.6) is 0 Å². The number of rotatable bonds is 6. The van der Waals surface area contributed by atoms with E-state index >= 15 is 0 Å². The van der Waals surface area contributed by atoms with Crippen LogP contribution in [0.15, 0.2) is 48.5 Å². The molecule has 0 saturated carbocycles. The Labute approximate surface area is 158 Å². The Morgan fingerprint density at radius 2 is 1.92 bits per heavy atom. The normalized spacial score (nSPS) is 20.4. The van der Waals surface area contributed by atoms with Crippen molar-refractivity contribution in [3.63, 3.8) is 0 Å². The highest BCUT2D eigenvalue weighted by atomic mass is 35.5. The van der Waals surface area contributed by atoms with Crippen molar-refractivity contribution < 1.29 is 14.3 Å². The van der Waals surface area contributed by atoms with Crippen LogP contribution in [-0.2, 0) is 17.8 Å². The minimum Gasteiger partial charge on any atom is -0.380 e. The molecule has 1 aliphatic heterocycles. The van der Waals surface area contributed by atoms with E-state index in [9.17, 15) is 14.3 Å². The van der Waals surface area contributed by atoms with E-state index < -0.39 is 5.60 Å². The van der Waals surface area contributed by atoms with Crippen LogP contribution in [0.25, 0.3) is 0 Å². The minimum atomic E-state index is -1.33. The zero-order valence-corrected chi connectivity index (χ0v) is 15.4. The van der Waals surface area contributed by atoms with E-state index in [0.717, 1.165) is 17.5 Å². The standard InChI is InChI=1S/C21H23ClFNO2/c22-18-12-17(13-19(23)14-18)8-4-9-21(26)10-5-11-24(20(21)25)15-16-6-2-1-3-7-16/h1-3,6-7,12-14,26H,4-5,8-11,15H2. The van der Waals surface area contributed by atoms with Crippen LogP contribution in [0.1, 0.15) is 36.8 Å². The summed E-state index contributed by atoms with van der Waals surface area (Å²) in [7, 11) is 0. The van der Waals surface area contributed by atoms with Gasteiger partial charge in [0, 0.05) is 18.1 Å². The first-order chi connectivity index (χ1) is 12.5.